The van der Waals surface area contributed by atoms with Crippen molar-refractivity contribution < 1.29 is 0 Å². The van der Waals surface area contributed by atoms with Crippen LogP contribution in [0, 0.1) is 0 Å². The van der Waals surface area contributed by atoms with E-state index in [-0.39, 0.29) is 5.41 Å². The number of para-hydroxylation sites is 4. The molecular weight excluding hydrogens is 799 g/mol. The van der Waals surface area contributed by atoms with E-state index >= 15 is 0 Å². The average molecular weight is 844 g/mol. The minimum atomic E-state index is -0.119. The van der Waals surface area contributed by atoms with Gasteiger partial charge in [0.1, 0.15) is 0 Å². The van der Waals surface area contributed by atoms with Gasteiger partial charge < -0.3 is 14.0 Å². The van der Waals surface area contributed by atoms with E-state index in [0.29, 0.717) is 0 Å². The Morgan fingerprint density at radius 2 is 0.712 bits per heavy atom. The summed E-state index contributed by atoms with van der Waals surface area (Å²) < 4.78 is 4.75. The molecule has 0 amide bonds. The summed E-state index contributed by atoms with van der Waals surface area (Å²) >= 11 is 0. The van der Waals surface area contributed by atoms with Crippen molar-refractivity contribution in [1.82, 2.24) is 9.13 Å². The van der Waals surface area contributed by atoms with Crippen LogP contribution in [0.4, 0.5) is 17.1 Å². The van der Waals surface area contributed by atoms with Crippen LogP contribution in [0.2, 0.25) is 0 Å². The fourth-order valence-electron chi connectivity index (χ4n) is 10.9. The largest absolute Gasteiger partial charge is 0.310 e. The highest BCUT2D eigenvalue weighted by Gasteiger charge is 2.35. The second-order valence-corrected chi connectivity index (χ2v) is 18.2. The normalized spacial score (nSPS) is 12.8. The van der Waals surface area contributed by atoms with Gasteiger partial charge in [0.15, 0.2) is 0 Å². The van der Waals surface area contributed by atoms with E-state index in [9.17, 15) is 0 Å². The lowest BCUT2D eigenvalue weighted by molar-refractivity contribution is 0.660. The Hall–Kier alpha value is -8.40. The smallest absolute Gasteiger partial charge is 0.0541 e. The molecule has 0 fully saturated rings. The van der Waals surface area contributed by atoms with Gasteiger partial charge in [-0.1, -0.05) is 153 Å². The third kappa shape index (κ3) is 5.90. The Kier molecular flexibility index (Phi) is 8.56. The molecule has 312 valence electrons. The SMILES string of the molecule is CC1(C)c2ccccc2-c2ccc(N(c3ccc(-c4ccc5c(c4)c4ccccc4n5-c4ccccc4)cc3)c3ccc(-c4ccc5c(c4)c4ccccc4n5-c4ccccc4)cc3)cc21. The summed E-state index contributed by atoms with van der Waals surface area (Å²) in [4.78, 5) is 2.42. The maximum Gasteiger partial charge on any atom is 0.0541 e. The Balaban J connectivity index is 0.904. The van der Waals surface area contributed by atoms with Crippen molar-refractivity contribution in [3.8, 4) is 44.8 Å². The molecule has 3 nitrogen and oxygen atoms in total. The molecule has 12 aromatic rings. The standard InChI is InChI=1S/C63H45N3/c1-63(2)57-22-12-9-19-51(57)52-36-35-50(41-58(52)63)64(48-31-25-42(26-32-48)44-29-37-61-55(39-44)53-20-10-13-23-59(53)65(61)46-15-5-3-6-16-46)49-33-27-43(28-34-49)45-30-38-62-56(40-45)54-21-11-14-24-60(54)66(62)47-17-7-4-8-18-47/h3-41H,1-2H3. The number of aromatic nitrogens is 2. The monoisotopic (exact) mass is 843 g/mol. The Labute approximate surface area is 384 Å². The van der Waals surface area contributed by atoms with E-state index in [1.54, 1.807) is 0 Å². The van der Waals surface area contributed by atoms with E-state index in [1.807, 2.05) is 0 Å². The van der Waals surface area contributed by atoms with Crippen LogP contribution in [-0.4, -0.2) is 9.13 Å². The van der Waals surface area contributed by atoms with Crippen LogP contribution >= 0.6 is 0 Å². The van der Waals surface area contributed by atoms with Crippen LogP contribution in [0.3, 0.4) is 0 Å². The molecular formula is C63H45N3. The third-order valence-electron chi connectivity index (χ3n) is 14.1. The lowest BCUT2D eigenvalue weighted by Gasteiger charge is -2.28. The summed E-state index contributed by atoms with van der Waals surface area (Å²) in [6, 6.07) is 86.8. The fourth-order valence-corrected chi connectivity index (χ4v) is 10.9. The molecule has 10 aromatic carbocycles. The molecule has 13 rings (SSSR count). The predicted molar refractivity (Wildman–Crippen MR) is 278 cm³/mol. The lowest BCUT2D eigenvalue weighted by Crippen LogP contribution is -2.16. The molecule has 0 bridgehead atoms. The van der Waals surface area contributed by atoms with Gasteiger partial charge in [-0.2, -0.15) is 0 Å². The number of rotatable bonds is 7. The first-order chi connectivity index (χ1) is 32.5. The zero-order valence-electron chi connectivity index (χ0n) is 36.9. The van der Waals surface area contributed by atoms with Gasteiger partial charge in [0.2, 0.25) is 0 Å². The second-order valence-electron chi connectivity index (χ2n) is 18.2. The molecule has 1 aliphatic rings. The van der Waals surface area contributed by atoms with E-state index < -0.39 is 0 Å². The van der Waals surface area contributed by atoms with Crippen molar-refractivity contribution >= 4 is 60.7 Å². The zero-order chi connectivity index (χ0) is 43.9. The van der Waals surface area contributed by atoms with Gasteiger partial charge in [0.05, 0.1) is 22.1 Å². The molecule has 0 saturated carbocycles. The van der Waals surface area contributed by atoms with E-state index in [2.05, 4.69) is 264 Å². The Morgan fingerprint density at radius 1 is 0.303 bits per heavy atom. The zero-order valence-corrected chi connectivity index (χ0v) is 36.9. The first-order valence-electron chi connectivity index (χ1n) is 22.9. The number of benzene rings is 10. The highest BCUT2D eigenvalue weighted by molar-refractivity contribution is 6.11. The number of anilines is 3. The summed E-state index contributed by atoms with van der Waals surface area (Å²) in [5.41, 5.74) is 20.5. The Morgan fingerprint density at radius 3 is 1.24 bits per heavy atom. The van der Waals surface area contributed by atoms with Crippen molar-refractivity contribution in [2.75, 3.05) is 4.90 Å². The van der Waals surface area contributed by atoms with Crippen LogP contribution in [0.1, 0.15) is 25.0 Å². The average Bonchev–Trinajstić information content (AvgIpc) is 3.97. The molecule has 2 heterocycles. The molecule has 0 unspecified atom stereocenters. The molecule has 0 atom stereocenters. The molecule has 0 saturated heterocycles. The predicted octanol–water partition coefficient (Wildman–Crippen LogP) is 17.0. The fraction of sp³-hybridized carbons (Fsp3) is 0.0476. The molecule has 1 aliphatic carbocycles. The van der Waals surface area contributed by atoms with Crippen LogP contribution in [-0.2, 0) is 5.41 Å². The van der Waals surface area contributed by atoms with Crippen LogP contribution in [0.15, 0.2) is 237 Å². The van der Waals surface area contributed by atoms with Crippen molar-refractivity contribution in [3.05, 3.63) is 248 Å². The molecule has 3 heteroatoms. The van der Waals surface area contributed by atoms with Crippen molar-refractivity contribution in [2.24, 2.45) is 0 Å². The highest BCUT2D eigenvalue weighted by Crippen LogP contribution is 2.51. The maximum atomic E-state index is 2.42. The number of hydrogen-bond donors (Lipinski definition) is 0. The highest BCUT2D eigenvalue weighted by atomic mass is 15.1. The van der Waals surface area contributed by atoms with Gasteiger partial charge in [0, 0.05) is 55.4 Å². The summed E-state index contributed by atoms with van der Waals surface area (Å²) in [6.45, 7) is 4.72. The summed E-state index contributed by atoms with van der Waals surface area (Å²) in [7, 11) is 0. The second kappa shape index (κ2) is 14.8. The van der Waals surface area contributed by atoms with Gasteiger partial charge >= 0.3 is 0 Å². The minimum Gasteiger partial charge on any atom is -0.310 e. The van der Waals surface area contributed by atoms with Gasteiger partial charge in [0.25, 0.3) is 0 Å². The topological polar surface area (TPSA) is 13.1 Å². The first kappa shape index (κ1) is 38.1. The van der Waals surface area contributed by atoms with Crippen molar-refractivity contribution in [2.45, 2.75) is 19.3 Å². The maximum absolute atomic E-state index is 2.42. The summed E-state index contributed by atoms with van der Waals surface area (Å²) in [5, 5.41) is 5.01. The first-order valence-corrected chi connectivity index (χ1v) is 22.9. The molecule has 66 heavy (non-hydrogen) atoms. The van der Waals surface area contributed by atoms with Crippen molar-refractivity contribution in [1.29, 1.82) is 0 Å². The molecule has 0 N–H and O–H groups in total. The van der Waals surface area contributed by atoms with E-state index in [1.165, 1.54) is 99.5 Å². The number of nitrogens with zero attached hydrogens (tertiary/aromatic N) is 3. The molecule has 0 aliphatic heterocycles. The van der Waals surface area contributed by atoms with E-state index in [0.717, 1.165) is 17.1 Å². The van der Waals surface area contributed by atoms with Gasteiger partial charge in [-0.3, -0.25) is 0 Å². The van der Waals surface area contributed by atoms with Gasteiger partial charge in [-0.25, -0.2) is 0 Å². The van der Waals surface area contributed by atoms with Crippen LogP contribution < -0.4 is 4.90 Å². The number of hydrogen-bond acceptors (Lipinski definition) is 1. The van der Waals surface area contributed by atoms with Gasteiger partial charge in [-0.05, 0) is 142 Å². The molecule has 0 radical (unpaired) electrons. The lowest BCUT2D eigenvalue weighted by atomic mass is 9.82. The van der Waals surface area contributed by atoms with Crippen LogP contribution in [0.25, 0.3) is 88.4 Å². The van der Waals surface area contributed by atoms with Crippen LogP contribution in [0.5, 0.6) is 0 Å². The van der Waals surface area contributed by atoms with Crippen molar-refractivity contribution in [3.63, 3.8) is 0 Å². The third-order valence-corrected chi connectivity index (χ3v) is 14.1. The minimum absolute atomic E-state index is 0.119. The summed E-state index contributed by atoms with van der Waals surface area (Å²) in [6.07, 6.45) is 0. The van der Waals surface area contributed by atoms with E-state index in [4.69, 9.17) is 0 Å². The molecule has 2 aromatic heterocycles. The van der Waals surface area contributed by atoms with Gasteiger partial charge in [-0.15, -0.1) is 0 Å². The molecule has 0 spiro atoms. The quantitative estimate of drug-likeness (QED) is 0.156. The summed E-state index contributed by atoms with van der Waals surface area (Å²) in [5.74, 6) is 0. The number of fused-ring (bicyclic) bond motifs is 9. The Bertz CT molecular complexity index is 3620.